The highest BCUT2D eigenvalue weighted by Crippen LogP contribution is 2.00. The van der Waals surface area contributed by atoms with Gasteiger partial charge < -0.3 is 5.11 Å². The van der Waals surface area contributed by atoms with Crippen LogP contribution in [0.4, 0.5) is 0 Å². The van der Waals surface area contributed by atoms with Gasteiger partial charge in [0.2, 0.25) is 0 Å². The largest absolute Gasteiger partial charge is 0.396 e. The smallest absolute Gasteiger partial charge is 0.0471 e. The minimum Gasteiger partial charge on any atom is -0.396 e. The van der Waals surface area contributed by atoms with Crippen molar-refractivity contribution in [2.75, 3.05) is 6.61 Å². The molecule has 0 saturated heterocycles. The van der Waals surface area contributed by atoms with Crippen molar-refractivity contribution in [3.63, 3.8) is 0 Å². The minimum atomic E-state index is 0.240. The first kappa shape index (κ1) is 8.44. The van der Waals surface area contributed by atoms with Gasteiger partial charge in [0.25, 0.3) is 0 Å². The van der Waals surface area contributed by atoms with Crippen molar-refractivity contribution in [1.82, 2.24) is 0 Å². The van der Waals surface area contributed by atoms with Crippen molar-refractivity contribution in [1.29, 1.82) is 0 Å². The molecule has 0 aliphatic heterocycles. The molecule has 0 bridgehead atoms. The lowest BCUT2D eigenvalue weighted by Gasteiger charge is -1.94. The zero-order chi connectivity index (χ0) is 7.11. The summed E-state index contributed by atoms with van der Waals surface area (Å²) in [7, 11) is 0. The van der Waals surface area contributed by atoms with Crippen LogP contribution in [0.2, 0.25) is 0 Å². The van der Waals surface area contributed by atoms with E-state index in [9.17, 15) is 0 Å². The Bertz CT molecular complexity index is 112. The molecule has 9 heavy (non-hydrogen) atoms. The van der Waals surface area contributed by atoms with Gasteiger partial charge in [0.1, 0.15) is 0 Å². The quantitative estimate of drug-likeness (QED) is 0.572. The molecule has 0 saturated carbocycles. The molecular weight excluding hydrogens is 112 g/mol. The van der Waals surface area contributed by atoms with Gasteiger partial charge in [-0.15, -0.1) is 0 Å². The molecule has 0 aromatic heterocycles. The van der Waals surface area contributed by atoms with E-state index >= 15 is 0 Å². The SMILES string of the molecule is C/C=C(\C=C\C)CCO. The van der Waals surface area contributed by atoms with Crippen LogP contribution in [0.5, 0.6) is 0 Å². The third kappa shape index (κ3) is 3.98. The van der Waals surface area contributed by atoms with Crippen LogP contribution in [0.3, 0.4) is 0 Å². The van der Waals surface area contributed by atoms with Gasteiger partial charge in [-0.05, 0) is 20.3 Å². The van der Waals surface area contributed by atoms with Crippen molar-refractivity contribution < 1.29 is 5.11 Å². The van der Waals surface area contributed by atoms with Gasteiger partial charge in [-0.25, -0.2) is 0 Å². The number of hydrogen-bond acceptors (Lipinski definition) is 1. The summed E-state index contributed by atoms with van der Waals surface area (Å²) in [6, 6.07) is 0. The van der Waals surface area contributed by atoms with E-state index in [0.717, 1.165) is 6.42 Å². The van der Waals surface area contributed by atoms with Crippen molar-refractivity contribution >= 4 is 0 Å². The summed E-state index contributed by atoms with van der Waals surface area (Å²) >= 11 is 0. The van der Waals surface area contributed by atoms with Crippen molar-refractivity contribution in [3.8, 4) is 0 Å². The van der Waals surface area contributed by atoms with Gasteiger partial charge in [0.15, 0.2) is 0 Å². The van der Waals surface area contributed by atoms with Crippen LogP contribution in [-0.4, -0.2) is 11.7 Å². The second-order valence-corrected chi connectivity index (χ2v) is 1.84. The van der Waals surface area contributed by atoms with Crippen LogP contribution in [0, 0.1) is 0 Å². The topological polar surface area (TPSA) is 20.2 Å². The van der Waals surface area contributed by atoms with Gasteiger partial charge in [-0.2, -0.15) is 0 Å². The summed E-state index contributed by atoms with van der Waals surface area (Å²) in [6.07, 6.45) is 6.76. The lowest BCUT2D eigenvalue weighted by atomic mass is 10.2. The van der Waals surface area contributed by atoms with Crippen molar-refractivity contribution in [2.45, 2.75) is 20.3 Å². The molecule has 0 unspecified atom stereocenters. The standard InChI is InChI=1S/C8H14O/c1-3-5-8(4-2)6-7-9/h3-5,9H,6-7H2,1-2H3/b5-3+,8-4+. The second-order valence-electron chi connectivity index (χ2n) is 1.84. The summed E-state index contributed by atoms with van der Waals surface area (Å²) in [5.41, 5.74) is 1.19. The van der Waals surface area contributed by atoms with Gasteiger partial charge in [0.05, 0.1) is 0 Å². The summed E-state index contributed by atoms with van der Waals surface area (Å²) in [6.45, 7) is 4.19. The van der Waals surface area contributed by atoms with Crippen LogP contribution < -0.4 is 0 Å². The van der Waals surface area contributed by atoms with Crippen LogP contribution in [0.15, 0.2) is 23.8 Å². The average Bonchev–Trinajstić information content (AvgIpc) is 1.88. The highest BCUT2D eigenvalue weighted by Gasteiger charge is 1.85. The molecule has 0 atom stereocenters. The maximum Gasteiger partial charge on any atom is 0.0471 e. The van der Waals surface area contributed by atoms with Gasteiger partial charge in [-0.1, -0.05) is 23.8 Å². The molecule has 0 aliphatic carbocycles. The Kier molecular flexibility index (Phi) is 5.23. The number of allylic oxidation sites excluding steroid dienone is 3. The Balaban J connectivity index is 3.70. The lowest BCUT2D eigenvalue weighted by Crippen LogP contribution is -1.83. The predicted molar refractivity (Wildman–Crippen MR) is 40.3 cm³/mol. The molecule has 0 rings (SSSR count). The van der Waals surface area contributed by atoms with Gasteiger partial charge >= 0.3 is 0 Å². The summed E-state index contributed by atoms with van der Waals surface area (Å²) < 4.78 is 0. The number of aliphatic hydroxyl groups excluding tert-OH is 1. The molecule has 0 aliphatic rings. The Morgan fingerprint density at radius 3 is 2.44 bits per heavy atom. The molecule has 1 N–H and O–H groups in total. The van der Waals surface area contributed by atoms with Crippen LogP contribution >= 0.6 is 0 Å². The minimum absolute atomic E-state index is 0.240. The first-order valence-electron chi connectivity index (χ1n) is 3.24. The Morgan fingerprint density at radius 1 is 1.44 bits per heavy atom. The van der Waals surface area contributed by atoms with E-state index in [0.29, 0.717) is 0 Å². The van der Waals surface area contributed by atoms with Gasteiger partial charge in [-0.3, -0.25) is 0 Å². The number of hydrogen-bond donors (Lipinski definition) is 1. The molecule has 0 spiro atoms. The van der Waals surface area contributed by atoms with E-state index in [-0.39, 0.29) is 6.61 Å². The van der Waals surface area contributed by atoms with Crippen molar-refractivity contribution in [2.24, 2.45) is 0 Å². The monoisotopic (exact) mass is 126 g/mol. The normalized spacial score (nSPS) is 13.0. The molecule has 52 valence electrons. The van der Waals surface area contributed by atoms with E-state index in [1.165, 1.54) is 5.57 Å². The summed E-state index contributed by atoms with van der Waals surface area (Å²) in [5.74, 6) is 0. The molecule has 1 nitrogen and oxygen atoms in total. The third-order valence-corrected chi connectivity index (χ3v) is 1.15. The molecule has 0 fully saturated rings. The maximum absolute atomic E-state index is 8.52. The van der Waals surface area contributed by atoms with E-state index in [4.69, 9.17) is 5.11 Å². The Labute approximate surface area is 56.7 Å². The molecule has 0 radical (unpaired) electrons. The van der Waals surface area contributed by atoms with E-state index in [2.05, 4.69) is 0 Å². The molecular formula is C8H14O. The molecule has 0 aromatic rings. The van der Waals surface area contributed by atoms with Gasteiger partial charge in [0, 0.05) is 6.61 Å². The van der Waals surface area contributed by atoms with Crippen LogP contribution in [-0.2, 0) is 0 Å². The van der Waals surface area contributed by atoms with E-state index < -0.39 is 0 Å². The fourth-order valence-electron chi connectivity index (χ4n) is 0.667. The van der Waals surface area contributed by atoms with Crippen LogP contribution in [0.1, 0.15) is 20.3 Å². The fourth-order valence-corrected chi connectivity index (χ4v) is 0.667. The van der Waals surface area contributed by atoms with E-state index in [1.807, 2.05) is 32.1 Å². The summed E-state index contributed by atoms with van der Waals surface area (Å²) in [4.78, 5) is 0. The van der Waals surface area contributed by atoms with Crippen molar-refractivity contribution in [3.05, 3.63) is 23.8 Å². The summed E-state index contributed by atoms with van der Waals surface area (Å²) in [5, 5.41) is 8.52. The number of rotatable bonds is 3. The molecule has 0 amide bonds. The maximum atomic E-state index is 8.52. The number of aliphatic hydroxyl groups is 1. The highest BCUT2D eigenvalue weighted by molar-refractivity contribution is 5.16. The predicted octanol–water partition coefficient (Wildman–Crippen LogP) is 1.89. The third-order valence-electron chi connectivity index (χ3n) is 1.15. The zero-order valence-corrected chi connectivity index (χ0v) is 6.09. The van der Waals surface area contributed by atoms with Crippen LogP contribution in [0.25, 0.3) is 0 Å². The Hall–Kier alpha value is -0.560. The first-order valence-corrected chi connectivity index (χ1v) is 3.24. The van der Waals surface area contributed by atoms with E-state index in [1.54, 1.807) is 0 Å². The lowest BCUT2D eigenvalue weighted by molar-refractivity contribution is 0.300. The average molecular weight is 126 g/mol. The highest BCUT2D eigenvalue weighted by atomic mass is 16.2. The molecule has 1 heteroatoms. The molecule has 0 heterocycles. The first-order chi connectivity index (χ1) is 4.35. The molecule has 0 aromatic carbocycles. The fraction of sp³-hybridized carbons (Fsp3) is 0.500. The Morgan fingerprint density at radius 2 is 2.11 bits per heavy atom. The second kappa shape index (κ2) is 5.57. The zero-order valence-electron chi connectivity index (χ0n) is 6.09.